The summed E-state index contributed by atoms with van der Waals surface area (Å²) in [5.74, 6) is -2.59. The number of amides is 1. The van der Waals surface area contributed by atoms with Crippen LogP contribution in [0.2, 0.25) is 0 Å². The van der Waals surface area contributed by atoms with E-state index in [-0.39, 0.29) is 44.8 Å². The number of anilines is 1. The van der Waals surface area contributed by atoms with Crippen LogP contribution >= 0.6 is 11.8 Å². The molecule has 1 aromatic carbocycles. The number of amidine groups is 1. The van der Waals surface area contributed by atoms with E-state index in [2.05, 4.69) is 20.3 Å². The normalized spacial score (nSPS) is 27.9. The quantitative estimate of drug-likeness (QED) is 0.606. The number of fused-ring (bicyclic) bond motifs is 1. The fraction of sp³-hybridized carbons (Fsp3) is 0.455. The van der Waals surface area contributed by atoms with Crippen molar-refractivity contribution in [1.29, 1.82) is 0 Å². The van der Waals surface area contributed by atoms with Gasteiger partial charge in [0.2, 0.25) is 5.88 Å². The van der Waals surface area contributed by atoms with Gasteiger partial charge in [-0.05, 0) is 19.4 Å². The molecule has 1 saturated heterocycles. The average molecular weight is 492 g/mol. The Bertz CT molecular complexity index is 1160. The summed E-state index contributed by atoms with van der Waals surface area (Å²) in [4.78, 5) is 25.3. The number of aliphatic imine (C=N–C) groups is 1. The molecule has 3 aliphatic rings. The van der Waals surface area contributed by atoms with Gasteiger partial charge in [-0.25, -0.2) is 18.7 Å². The van der Waals surface area contributed by atoms with E-state index in [0.29, 0.717) is 26.2 Å². The van der Waals surface area contributed by atoms with Crippen molar-refractivity contribution in [3.63, 3.8) is 0 Å². The summed E-state index contributed by atoms with van der Waals surface area (Å²) in [7, 11) is 1.59. The van der Waals surface area contributed by atoms with E-state index in [1.165, 1.54) is 30.2 Å². The predicted molar refractivity (Wildman–Crippen MR) is 121 cm³/mol. The van der Waals surface area contributed by atoms with Crippen LogP contribution in [0.25, 0.3) is 0 Å². The van der Waals surface area contributed by atoms with Gasteiger partial charge >= 0.3 is 0 Å². The number of methoxy groups -OCH3 is 1. The number of thioether (sulfide) groups is 1. The van der Waals surface area contributed by atoms with Crippen LogP contribution in [0.1, 0.15) is 29.4 Å². The van der Waals surface area contributed by atoms with Crippen molar-refractivity contribution in [3.8, 4) is 5.88 Å². The molecule has 3 atom stereocenters. The Balaban J connectivity index is 1.38. The number of aromatic nitrogens is 2. The monoisotopic (exact) mass is 491 g/mol. The molecule has 2 aliphatic heterocycles. The molecule has 3 heterocycles. The summed E-state index contributed by atoms with van der Waals surface area (Å²) in [5.41, 5.74) is 5.03. The molecule has 2 aromatic rings. The first kappa shape index (κ1) is 22.9. The number of nitrogens with zero attached hydrogens (tertiary/aromatic N) is 3. The van der Waals surface area contributed by atoms with Crippen LogP contribution in [-0.2, 0) is 15.0 Å². The zero-order valence-electron chi connectivity index (χ0n) is 18.5. The molecule has 1 aromatic heterocycles. The smallest absolute Gasteiger partial charge is 0.275 e. The molecule has 180 valence electrons. The third-order valence-corrected chi connectivity index (χ3v) is 7.61. The van der Waals surface area contributed by atoms with Crippen LogP contribution in [0.4, 0.5) is 14.5 Å². The minimum absolute atomic E-state index is 0.00709. The van der Waals surface area contributed by atoms with Gasteiger partial charge in [-0.1, -0.05) is 11.8 Å². The summed E-state index contributed by atoms with van der Waals surface area (Å²) >= 11 is 1.40. The third-order valence-electron chi connectivity index (χ3n) is 6.33. The Kier molecular flexibility index (Phi) is 5.69. The Morgan fingerprint density at radius 3 is 2.76 bits per heavy atom. The maximum absolute atomic E-state index is 15.0. The highest BCUT2D eigenvalue weighted by atomic mass is 32.2. The van der Waals surface area contributed by atoms with Crippen LogP contribution in [-0.4, -0.2) is 58.8 Å². The summed E-state index contributed by atoms with van der Waals surface area (Å²) < 4.78 is 45.2. The van der Waals surface area contributed by atoms with Gasteiger partial charge in [0, 0.05) is 30.3 Å². The van der Waals surface area contributed by atoms with Crippen molar-refractivity contribution in [2.24, 2.45) is 16.6 Å². The van der Waals surface area contributed by atoms with Crippen LogP contribution in [0.15, 0.2) is 29.5 Å². The Labute approximate surface area is 198 Å². The topological polar surface area (TPSA) is 121 Å². The highest BCUT2D eigenvalue weighted by molar-refractivity contribution is 8.15. The van der Waals surface area contributed by atoms with E-state index < -0.39 is 23.1 Å². The molecule has 12 heteroatoms. The summed E-state index contributed by atoms with van der Waals surface area (Å²) in [5, 5.41) is 2.85. The molecule has 0 bridgehead atoms. The first-order valence-electron chi connectivity index (χ1n) is 10.6. The molecule has 0 spiro atoms. The second-order valence-corrected chi connectivity index (χ2v) is 10.2. The Morgan fingerprint density at radius 2 is 2.12 bits per heavy atom. The lowest BCUT2D eigenvalue weighted by atomic mass is 9.85. The van der Waals surface area contributed by atoms with Crippen molar-refractivity contribution in [3.05, 3.63) is 47.4 Å². The van der Waals surface area contributed by atoms with Gasteiger partial charge in [0.05, 0.1) is 42.5 Å². The number of rotatable bonds is 7. The van der Waals surface area contributed by atoms with Crippen molar-refractivity contribution >= 4 is 28.5 Å². The largest absolute Gasteiger partial charge is 0.468 e. The Hall–Kier alpha value is -2.83. The Morgan fingerprint density at radius 1 is 1.32 bits per heavy atom. The molecule has 1 aliphatic carbocycles. The van der Waals surface area contributed by atoms with Crippen LogP contribution in [0.5, 0.6) is 5.88 Å². The highest BCUT2D eigenvalue weighted by Gasteiger charge is 2.66. The molecule has 0 unspecified atom stereocenters. The van der Waals surface area contributed by atoms with Gasteiger partial charge < -0.3 is 25.3 Å². The van der Waals surface area contributed by atoms with Crippen molar-refractivity contribution in [1.82, 2.24) is 9.97 Å². The van der Waals surface area contributed by atoms with E-state index in [0.717, 1.165) is 6.07 Å². The second kappa shape index (κ2) is 8.43. The number of carbonyl (C=O) groups excluding carboxylic acids is 1. The van der Waals surface area contributed by atoms with E-state index in [1.54, 1.807) is 14.0 Å². The number of nitrogens with two attached hydrogens (primary N) is 1. The molecular formula is C22H23F2N5O4S. The molecule has 3 N–H and O–H groups in total. The number of carbonyl (C=O) groups is 1. The van der Waals surface area contributed by atoms with Gasteiger partial charge in [0.25, 0.3) is 5.91 Å². The SMILES string of the molecule is COC[C@]12C[C@H]1[C@](C)(c1cc(NC(=O)c3cnc(OC4COC4)cn3)cc(F)c1F)N=C(N)S2. The summed E-state index contributed by atoms with van der Waals surface area (Å²) in [6.07, 6.45) is 3.18. The maximum Gasteiger partial charge on any atom is 0.275 e. The van der Waals surface area contributed by atoms with Gasteiger partial charge in [-0.3, -0.25) is 9.79 Å². The molecule has 9 nitrogen and oxygen atoms in total. The molecule has 0 radical (unpaired) electrons. The van der Waals surface area contributed by atoms with Crippen LogP contribution < -0.4 is 15.8 Å². The molecule has 5 rings (SSSR count). The van der Waals surface area contributed by atoms with Gasteiger partial charge in [0.15, 0.2) is 16.8 Å². The minimum Gasteiger partial charge on any atom is -0.468 e. The average Bonchev–Trinajstić information content (AvgIpc) is 3.48. The number of ether oxygens (including phenoxy) is 3. The molecular weight excluding hydrogens is 468 g/mol. The fourth-order valence-electron chi connectivity index (χ4n) is 4.50. The lowest BCUT2D eigenvalue weighted by Gasteiger charge is -2.34. The highest BCUT2D eigenvalue weighted by Crippen LogP contribution is 2.66. The zero-order valence-corrected chi connectivity index (χ0v) is 19.3. The van der Waals surface area contributed by atoms with Crippen LogP contribution in [0, 0.1) is 17.6 Å². The zero-order chi connectivity index (χ0) is 24.1. The number of hydrogen-bond acceptors (Lipinski definition) is 9. The molecule has 1 amide bonds. The van der Waals surface area contributed by atoms with Crippen molar-refractivity contribution < 1.29 is 27.8 Å². The van der Waals surface area contributed by atoms with Gasteiger partial charge in [0.1, 0.15) is 11.8 Å². The van der Waals surface area contributed by atoms with E-state index in [1.807, 2.05) is 0 Å². The lowest BCUT2D eigenvalue weighted by molar-refractivity contribution is -0.0814. The first-order chi connectivity index (χ1) is 16.2. The van der Waals surface area contributed by atoms with Crippen LogP contribution in [0.3, 0.4) is 0 Å². The van der Waals surface area contributed by atoms with Gasteiger partial charge in [-0.2, -0.15) is 0 Å². The number of nitrogens with one attached hydrogen (secondary N) is 1. The minimum atomic E-state index is -1.11. The van der Waals surface area contributed by atoms with E-state index >= 15 is 4.39 Å². The number of benzene rings is 1. The van der Waals surface area contributed by atoms with Crippen molar-refractivity contribution in [2.75, 3.05) is 32.2 Å². The standard InChI is InChI=1S/C22H23F2N5O4S/c1-21(16-5-22(16,10-31-2)34-20(25)29-21)13-3-11(4-14(23)18(13)24)28-19(30)15-6-27-17(7-26-15)33-12-8-32-9-12/h3-4,6-7,12,16H,5,8-10H2,1-2H3,(H2,25,29)(H,28,30)/t16-,21-,22+/m0/s1. The molecule has 1 saturated carbocycles. The first-order valence-corrected chi connectivity index (χ1v) is 11.5. The van der Waals surface area contributed by atoms with Crippen molar-refractivity contribution in [2.45, 2.75) is 29.7 Å². The summed E-state index contributed by atoms with van der Waals surface area (Å²) in [6, 6.07) is 2.31. The number of halogens is 2. The van der Waals surface area contributed by atoms with Gasteiger partial charge in [-0.15, -0.1) is 0 Å². The third kappa shape index (κ3) is 3.99. The van der Waals surface area contributed by atoms with E-state index in [4.69, 9.17) is 19.9 Å². The second-order valence-electron chi connectivity index (χ2n) is 8.75. The molecule has 2 fully saturated rings. The van der Waals surface area contributed by atoms with E-state index in [9.17, 15) is 9.18 Å². The predicted octanol–water partition coefficient (Wildman–Crippen LogP) is 2.47. The summed E-state index contributed by atoms with van der Waals surface area (Å²) in [6.45, 7) is 3.09. The molecule has 34 heavy (non-hydrogen) atoms. The maximum atomic E-state index is 15.0. The number of hydrogen-bond donors (Lipinski definition) is 2. The fourth-order valence-corrected chi connectivity index (χ4v) is 5.95. The lowest BCUT2D eigenvalue weighted by Crippen LogP contribution is -2.38.